The van der Waals surface area contributed by atoms with Gasteiger partial charge < -0.3 is 0 Å². The Morgan fingerprint density at radius 3 is 1.48 bits per heavy atom. The molecule has 0 saturated heterocycles. The molecule has 0 radical (unpaired) electrons. The SMILES string of the molecule is c1ccc(-c2cc(-c3ccccc3)nc(-c3ccc4c5ccccc5c5cccc(-c6ccc7c(c6)-c6ccccc6C7(c6ccccc6)c6ccccc6)c5c4c3)c2)cc1. The van der Waals surface area contributed by atoms with Crippen LogP contribution in [0, 0.1) is 0 Å². The number of rotatable bonds is 6. The summed E-state index contributed by atoms with van der Waals surface area (Å²) < 4.78 is 0. The maximum absolute atomic E-state index is 5.35. The molecule has 284 valence electrons. The molecule has 10 aromatic carbocycles. The molecule has 0 fully saturated rings. The van der Waals surface area contributed by atoms with Crippen LogP contribution in [0.1, 0.15) is 22.3 Å². The molecule has 12 rings (SSSR count). The van der Waals surface area contributed by atoms with Crippen LogP contribution in [0.2, 0.25) is 0 Å². The second-order valence-electron chi connectivity index (χ2n) is 16.2. The highest BCUT2D eigenvalue weighted by Gasteiger charge is 2.46. The zero-order valence-electron chi connectivity index (χ0n) is 33.5. The lowest BCUT2D eigenvalue weighted by Gasteiger charge is -2.33. The maximum Gasteiger partial charge on any atom is 0.0715 e. The van der Waals surface area contributed by atoms with E-state index in [4.69, 9.17) is 4.98 Å². The van der Waals surface area contributed by atoms with Gasteiger partial charge in [-0.1, -0.05) is 212 Å². The van der Waals surface area contributed by atoms with Gasteiger partial charge in [-0.05, 0) is 112 Å². The molecule has 0 saturated carbocycles. The molecule has 1 aliphatic rings. The van der Waals surface area contributed by atoms with E-state index >= 15 is 0 Å². The Kier molecular flexibility index (Phi) is 8.15. The van der Waals surface area contributed by atoms with Crippen molar-refractivity contribution < 1.29 is 0 Å². The average Bonchev–Trinajstić information content (AvgIpc) is 3.65. The molecule has 1 aromatic heterocycles. The number of benzene rings is 10. The molecule has 1 heterocycles. The molecule has 0 N–H and O–H groups in total. The summed E-state index contributed by atoms with van der Waals surface area (Å²) >= 11 is 0. The Balaban J connectivity index is 1.11. The summed E-state index contributed by atoms with van der Waals surface area (Å²) in [5, 5.41) is 7.47. The second-order valence-corrected chi connectivity index (χ2v) is 16.2. The molecule has 0 bridgehead atoms. The van der Waals surface area contributed by atoms with Crippen LogP contribution >= 0.6 is 0 Å². The smallest absolute Gasteiger partial charge is 0.0715 e. The highest BCUT2D eigenvalue weighted by atomic mass is 14.7. The molecule has 0 unspecified atom stereocenters. The molecule has 61 heavy (non-hydrogen) atoms. The molecule has 11 aromatic rings. The summed E-state index contributed by atoms with van der Waals surface area (Å²) in [6.07, 6.45) is 0. The summed E-state index contributed by atoms with van der Waals surface area (Å²) in [6.45, 7) is 0. The summed E-state index contributed by atoms with van der Waals surface area (Å²) in [5.74, 6) is 0. The molecule has 0 aliphatic heterocycles. The standard InChI is InChI=1S/C60H39N/c1-5-18-40(19-6-1)44-38-57(41-20-7-2-8-21-41)61-58(39-44)43-32-34-50-48-26-13-14-27-49(48)52-30-17-29-47(59(52)54(50)37-43)42-33-35-56-53(36-42)51-28-15-16-31-55(51)60(56,45-22-9-3-10-23-45)46-24-11-4-12-25-46/h1-39H. The van der Waals surface area contributed by atoms with E-state index in [-0.39, 0.29) is 0 Å². The first-order valence-corrected chi connectivity index (χ1v) is 21.1. The fourth-order valence-electron chi connectivity index (χ4n) is 10.3. The van der Waals surface area contributed by atoms with Crippen LogP contribution in [0.4, 0.5) is 0 Å². The van der Waals surface area contributed by atoms with Gasteiger partial charge in [0.1, 0.15) is 0 Å². The van der Waals surface area contributed by atoms with Gasteiger partial charge in [0.05, 0.1) is 16.8 Å². The third-order valence-electron chi connectivity index (χ3n) is 12.9. The summed E-state index contributed by atoms with van der Waals surface area (Å²) in [4.78, 5) is 5.35. The first-order valence-electron chi connectivity index (χ1n) is 21.1. The molecule has 0 spiro atoms. The Morgan fingerprint density at radius 2 is 0.770 bits per heavy atom. The quantitative estimate of drug-likeness (QED) is 0.153. The van der Waals surface area contributed by atoms with Gasteiger partial charge in [0.15, 0.2) is 0 Å². The minimum absolute atomic E-state index is 0.441. The zero-order chi connectivity index (χ0) is 40.3. The van der Waals surface area contributed by atoms with Crippen molar-refractivity contribution in [1.82, 2.24) is 4.98 Å². The third kappa shape index (κ3) is 5.51. The van der Waals surface area contributed by atoms with E-state index in [9.17, 15) is 0 Å². The highest BCUT2D eigenvalue weighted by Crippen LogP contribution is 2.57. The number of aromatic nitrogens is 1. The minimum Gasteiger partial charge on any atom is -0.248 e. The van der Waals surface area contributed by atoms with Crippen molar-refractivity contribution in [3.05, 3.63) is 259 Å². The third-order valence-corrected chi connectivity index (χ3v) is 12.9. The molecular formula is C60H39N. The van der Waals surface area contributed by atoms with Crippen molar-refractivity contribution >= 4 is 32.3 Å². The van der Waals surface area contributed by atoms with Crippen molar-refractivity contribution in [2.24, 2.45) is 0 Å². The van der Waals surface area contributed by atoms with E-state index in [1.807, 2.05) is 0 Å². The Bertz CT molecular complexity index is 3350. The van der Waals surface area contributed by atoms with Crippen LogP contribution in [0.25, 0.3) is 88.2 Å². The Morgan fingerprint density at radius 1 is 0.262 bits per heavy atom. The molecular weight excluding hydrogens is 735 g/mol. The Hall–Kier alpha value is -7.87. The fraction of sp³-hybridized carbons (Fsp3) is 0.0167. The van der Waals surface area contributed by atoms with Crippen LogP contribution in [-0.2, 0) is 5.41 Å². The van der Waals surface area contributed by atoms with E-state index in [2.05, 4.69) is 237 Å². The number of hydrogen-bond acceptors (Lipinski definition) is 1. The molecule has 0 amide bonds. The van der Waals surface area contributed by atoms with Gasteiger partial charge in [0.25, 0.3) is 0 Å². The molecule has 1 aliphatic carbocycles. The first-order chi connectivity index (χ1) is 30.3. The predicted octanol–water partition coefficient (Wildman–Crippen LogP) is 15.6. The summed E-state index contributed by atoms with van der Waals surface area (Å²) in [7, 11) is 0. The predicted molar refractivity (Wildman–Crippen MR) is 256 cm³/mol. The lowest BCUT2D eigenvalue weighted by atomic mass is 9.67. The van der Waals surface area contributed by atoms with Crippen molar-refractivity contribution in [2.45, 2.75) is 5.41 Å². The normalized spacial score (nSPS) is 12.7. The maximum atomic E-state index is 5.35. The number of hydrogen-bond donors (Lipinski definition) is 0. The van der Waals surface area contributed by atoms with Crippen LogP contribution in [0.15, 0.2) is 237 Å². The van der Waals surface area contributed by atoms with Gasteiger partial charge in [-0.2, -0.15) is 0 Å². The Labute approximate surface area is 355 Å². The van der Waals surface area contributed by atoms with Crippen molar-refractivity contribution in [1.29, 1.82) is 0 Å². The molecule has 1 nitrogen and oxygen atoms in total. The number of nitrogens with zero attached hydrogens (tertiary/aromatic N) is 1. The topological polar surface area (TPSA) is 12.9 Å². The monoisotopic (exact) mass is 773 g/mol. The van der Waals surface area contributed by atoms with Gasteiger partial charge in [-0.15, -0.1) is 0 Å². The average molecular weight is 774 g/mol. The van der Waals surface area contributed by atoms with E-state index in [1.165, 1.54) is 82.4 Å². The first kappa shape index (κ1) is 35.1. The van der Waals surface area contributed by atoms with Crippen LogP contribution in [0.5, 0.6) is 0 Å². The minimum atomic E-state index is -0.441. The van der Waals surface area contributed by atoms with Crippen LogP contribution in [0.3, 0.4) is 0 Å². The zero-order valence-corrected chi connectivity index (χ0v) is 33.5. The summed E-state index contributed by atoms with van der Waals surface area (Å²) in [6, 6.07) is 86.6. The van der Waals surface area contributed by atoms with Gasteiger partial charge in [0.2, 0.25) is 0 Å². The molecule has 1 heteroatoms. The fourth-order valence-corrected chi connectivity index (χ4v) is 10.3. The van der Waals surface area contributed by atoms with Crippen molar-refractivity contribution in [2.75, 3.05) is 0 Å². The van der Waals surface area contributed by atoms with Crippen LogP contribution in [-0.4, -0.2) is 4.98 Å². The lowest BCUT2D eigenvalue weighted by molar-refractivity contribution is 0.768. The largest absolute Gasteiger partial charge is 0.248 e. The van der Waals surface area contributed by atoms with Crippen molar-refractivity contribution in [3.63, 3.8) is 0 Å². The molecule has 0 atom stereocenters. The lowest BCUT2D eigenvalue weighted by Crippen LogP contribution is -2.28. The number of pyridine rings is 1. The van der Waals surface area contributed by atoms with Crippen LogP contribution < -0.4 is 0 Å². The number of fused-ring (bicyclic) bond motifs is 9. The summed E-state index contributed by atoms with van der Waals surface area (Å²) in [5.41, 5.74) is 16.1. The highest BCUT2D eigenvalue weighted by molar-refractivity contribution is 6.29. The van der Waals surface area contributed by atoms with E-state index in [0.29, 0.717) is 0 Å². The second kappa shape index (κ2) is 14.2. The van der Waals surface area contributed by atoms with E-state index < -0.39 is 5.41 Å². The van der Waals surface area contributed by atoms with Gasteiger partial charge >= 0.3 is 0 Å². The van der Waals surface area contributed by atoms with Gasteiger partial charge in [-0.3, -0.25) is 0 Å². The van der Waals surface area contributed by atoms with Crippen molar-refractivity contribution in [3.8, 4) is 55.9 Å². The van der Waals surface area contributed by atoms with Gasteiger partial charge in [0, 0.05) is 11.1 Å². The van der Waals surface area contributed by atoms with E-state index in [1.54, 1.807) is 0 Å². The van der Waals surface area contributed by atoms with E-state index in [0.717, 1.165) is 28.1 Å². The van der Waals surface area contributed by atoms with Gasteiger partial charge in [-0.25, -0.2) is 4.98 Å².